The molecular formula is C16H16Br2O2. The molecule has 0 fully saturated rings. The van der Waals surface area contributed by atoms with Crippen molar-refractivity contribution >= 4 is 31.9 Å². The molecule has 0 bridgehead atoms. The molecule has 4 heteroatoms. The third-order valence-corrected chi connectivity index (χ3v) is 4.31. The van der Waals surface area contributed by atoms with Crippen LogP contribution in [0.15, 0.2) is 53.0 Å². The lowest BCUT2D eigenvalue weighted by atomic mass is 10.1. The highest BCUT2D eigenvalue weighted by Gasteiger charge is 2.13. The van der Waals surface area contributed by atoms with Gasteiger partial charge in [-0.2, -0.15) is 0 Å². The summed E-state index contributed by atoms with van der Waals surface area (Å²) in [5.74, 6) is 0.858. The Morgan fingerprint density at radius 2 is 1.75 bits per heavy atom. The summed E-state index contributed by atoms with van der Waals surface area (Å²) in [4.78, 5) is 0. The first kappa shape index (κ1) is 15.5. The minimum atomic E-state index is 0.0210. The first-order chi connectivity index (χ1) is 9.74. The van der Waals surface area contributed by atoms with Crippen LogP contribution >= 0.6 is 31.9 Å². The third kappa shape index (κ3) is 4.08. The quantitative estimate of drug-likeness (QED) is 0.628. The molecule has 0 saturated carbocycles. The van der Waals surface area contributed by atoms with E-state index in [9.17, 15) is 0 Å². The van der Waals surface area contributed by atoms with Gasteiger partial charge < -0.3 is 9.47 Å². The molecule has 2 aromatic rings. The number of benzene rings is 2. The maximum absolute atomic E-state index is 6.00. The van der Waals surface area contributed by atoms with Crippen molar-refractivity contribution in [3.05, 3.63) is 64.1 Å². The number of rotatable bonds is 6. The van der Waals surface area contributed by atoms with Crippen LogP contribution in [0.5, 0.6) is 5.75 Å². The van der Waals surface area contributed by atoms with Gasteiger partial charge in [0.15, 0.2) is 0 Å². The largest absolute Gasteiger partial charge is 0.497 e. The molecule has 0 aromatic heterocycles. The highest BCUT2D eigenvalue weighted by Crippen LogP contribution is 2.28. The highest BCUT2D eigenvalue weighted by atomic mass is 79.9. The Morgan fingerprint density at radius 1 is 1.05 bits per heavy atom. The minimum absolute atomic E-state index is 0.0210. The van der Waals surface area contributed by atoms with Crippen LogP contribution in [-0.4, -0.2) is 12.4 Å². The van der Waals surface area contributed by atoms with Crippen LogP contribution in [0.1, 0.15) is 17.2 Å². The Kier molecular flexibility index (Phi) is 6.07. The van der Waals surface area contributed by atoms with E-state index in [1.165, 1.54) is 0 Å². The lowest BCUT2D eigenvalue weighted by Gasteiger charge is -2.17. The Labute approximate surface area is 136 Å². The number of ether oxygens (including phenoxy) is 2. The van der Waals surface area contributed by atoms with Gasteiger partial charge in [0, 0.05) is 9.80 Å². The van der Waals surface area contributed by atoms with Gasteiger partial charge in [0.2, 0.25) is 0 Å². The van der Waals surface area contributed by atoms with E-state index in [1.54, 1.807) is 7.11 Å². The van der Waals surface area contributed by atoms with Gasteiger partial charge in [-0.15, -0.1) is 0 Å². The maximum Gasteiger partial charge on any atom is 0.118 e. The smallest absolute Gasteiger partial charge is 0.118 e. The average molecular weight is 400 g/mol. The average Bonchev–Trinajstić information content (AvgIpc) is 2.50. The standard InChI is InChI=1S/C16H16Br2O2/c1-19-13-8-6-12(7-9-13)11-20-16(10-17)14-4-2-3-5-15(14)18/h2-9,16H,10-11H2,1H3. The van der Waals surface area contributed by atoms with Crippen LogP contribution in [0.3, 0.4) is 0 Å². The zero-order valence-electron chi connectivity index (χ0n) is 11.2. The van der Waals surface area contributed by atoms with Crippen LogP contribution in [0.25, 0.3) is 0 Å². The fourth-order valence-corrected chi connectivity index (χ4v) is 2.95. The molecule has 0 N–H and O–H groups in total. The van der Waals surface area contributed by atoms with Crippen LogP contribution in [-0.2, 0) is 11.3 Å². The molecule has 2 aromatic carbocycles. The van der Waals surface area contributed by atoms with Gasteiger partial charge >= 0.3 is 0 Å². The molecule has 1 unspecified atom stereocenters. The molecule has 0 heterocycles. The monoisotopic (exact) mass is 398 g/mol. The Hall–Kier alpha value is -0.840. The summed E-state index contributed by atoms with van der Waals surface area (Å²) in [6.07, 6.45) is 0.0210. The first-order valence-electron chi connectivity index (χ1n) is 6.29. The molecule has 20 heavy (non-hydrogen) atoms. The molecule has 0 spiro atoms. The molecule has 2 nitrogen and oxygen atoms in total. The van der Waals surface area contributed by atoms with E-state index < -0.39 is 0 Å². The third-order valence-electron chi connectivity index (χ3n) is 3.00. The topological polar surface area (TPSA) is 18.5 Å². The van der Waals surface area contributed by atoms with Gasteiger partial charge in [0.25, 0.3) is 0 Å². The van der Waals surface area contributed by atoms with E-state index in [1.807, 2.05) is 42.5 Å². The van der Waals surface area contributed by atoms with Gasteiger partial charge in [-0.25, -0.2) is 0 Å². The summed E-state index contributed by atoms with van der Waals surface area (Å²) in [5.41, 5.74) is 2.28. The summed E-state index contributed by atoms with van der Waals surface area (Å²) in [7, 11) is 1.67. The first-order valence-corrected chi connectivity index (χ1v) is 8.21. The summed E-state index contributed by atoms with van der Waals surface area (Å²) in [6.45, 7) is 0.571. The summed E-state index contributed by atoms with van der Waals surface area (Å²) in [5, 5.41) is 0.756. The molecule has 2 rings (SSSR count). The van der Waals surface area contributed by atoms with Gasteiger partial charge in [-0.3, -0.25) is 0 Å². The number of hydrogen-bond donors (Lipinski definition) is 0. The lowest BCUT2D eigenvalue weighted by molar-refractivity contribution is 0.0561. The minimum Gasteiger partial charge on any atom is -0.497 e. The van der Waals surface area contributed by atoms with Crippen molar-refractivity contribution in [1.29, 1.82) is 0 Å². The fourth-order valence-electron chi connectivity index (χ4n) is 1.87. The predicted molar refractivity (Wildman–Crippen MR) is 88.5 cm³/mol. The molecule has 1 atom stereocenters. The van der Waals surface area contributed by atoms with Crippen molar-refractivity contribution in [1.82, 2.24) is 0 Å². The van der Waals surface area contributed by atoms with Crippen LogP contribution in [0.2, 0.25) is 0 Å². The molecule has 0 radical (unpaired) electrons. The second kappa shape index (κ2) is 7.81. The Bertz CT molecular complexity index is 540. The molecule has 0 saturated heterocycles. The summed E-state index contributed by atoms with van der Waals surface area (Å²) in [6, 6.07) is 16.1. The number of alkyl halides is 1. The maximum atomic E-state index is 6.00. The van der Waals surface area contributed by atoms with Crippen molar-refractivity contribution in [3.63, 3.8) is 0 Å². The van der Waals surface area contributed by atoms with Gasteiger partial charge in [-0.05, 0) is 29.3 Å². The Balaban J connectivity index is 2.02. The van der Waals surface area contributed by atoms with Crippen molar-refractivity contribution in [2.75, 3.05) is 12.4 Å². The number of hydrogen-bond acceptors (Lipinski definition) is 2. The predicted octanol–water partition coefficient (Wildman–Crippen LogP) is 5.11. The SMILES string of the molecule is COc1ccc(COC(CBr)c2ccccc2Br)cc1. The second-order valence-electron chi connectivity index (χ2n) is 4.32. The molecule has 106 valence electrons. The number of methoxy groups -OCH3 is 1. The summed E-state index contributed by atoms with van der Waals surface area (Å²) < 4.78 is 12.2. The van der Waals surface area contributed by atoms with Gasteiger partial charge in [-0.1, -0.05) is 62.2 Å². The molecule has 0 amide bonds. The molecular weight excluding hydrogens is 384 g/mol. The van der Waals surface area contributed by atoms with Crippen molar-refractivity contribution in [2.24, 2.45) is 0 Å². The molecule has 0 aliphatic carbocycles. The molecule has 0 aliphatic rings. The Morgan fingerprint density at radius 3 is 2.35 bits per heavy atom. The zero-order valence-corrected chi connectivity index (χ0v) is 14.4. The van der Waals surface area contributed by atoms with Crippen LogP contribution in [0, 0.1) is 0 Å². The van der Waals surface area contributed by atoms with E-state index in [-0.39, 0.29) is 6.10 Å². The van der Waals surface area contributed by atoms with Crippen molar-refractivity contribution in [2.45, 2.75) is 12.7 Å². The van der Waals surface area contributed by atoms with E-state index >= 15 is 0 Å². The fraction of sp³-hybridized carbons (Fsp3) is 0.250. The molecule has 0 aliphatic heterocycles. The highest BCUT2D eigenvalue weighted by molar-refractivity contribution is 9.10. The van der Waals surface area contributed by atoms with Gasteiger partial charge in [0.1, 0.15) is 5.75 Å². The van der Waals surface area contributed by atoms with E-state index in [2.05, 4.69) is 37.9 Å². The van der Waals surface area contributed by atoms with Crippen molar-refractivity contribution < 1.29 is 9.47 Å². The van der Waals surface area contributed by atoms with Gasteiger partial charge in [0.05, 0.1) is 19.8 Å². The lowest BCUT2D eigenvalue weighted by Crippen LogP contribution is -2.06. The summed E-state index contributed by atoms with van der Waals surface area (Å²) >= 11 is 7.08. The van der Waals surface area contributed by atoms with E-state index in [0.717, 1.165) is 26.7 Å². The zero-order chi connectivity index (χ0) is 14.4. The van der Waals surface area contributed by atoms with Crippen LogP contribution in [0.4, 0.5) is 0 Å². The number of halogens is 2. The second-order valence-corrected chi connectivity index (χ2v) is 5.83. The van der Waals surface area contributed by atoms with Crippen LogP contribution < -0.4 is 4.74 Å². The van der Waals surface area contributed by atoms with E-state index in [4.69, 9.17) is 9.47 Å². The van der Waals surface area contributed by atoms with Crippen molar-refractivity contribution in [3.8, 4) is 5.75 Å². The van der Waals surface area contributed by atoms with E-state index in [0.29, 0.717) is 6.61 Å². The normalized spacial score (nSPS) is 12.2.